The van der Waals surface area contributed by atoms with Crippen LogP contribution in [0.15, 0.2) is 36.4 Å². The Morgan fingerprint density at radius 2 is 2.00 bits per heavy atom. The number of para-hydroxylation sites is 2. The maximum Gasteiger partial charge on any atom is 0.124 e. The highest BCUT2D eigenvalue weighted by Gasteiger charge is 2.13. The van der Waals surface area contributed by atoms with Crippen LogP contribution in [0.2, 0.25) is 5.02 Å². The van der Waals surface area contributed by atoms with Crippen LogP contribution < -0.4 is 5.73 Å². The number of anilines is 1. The maximum absolute atomic E-state index is 8.97. The Labute approximate surface area is 126 Å². The molecule has 6 heteroatoms. The molecule has 3 rings (SSSR count). The van der Waals surface area contributed by atoms with E-state index in [2.05, 4.69) is 16.0 Å². The minimum absolute atomic E-state index is 0.231. The van der Waals surface area contributed by atoms with E-state index in [-0.39, 0.29) is 6.42 Å². The highest BCUT2D eigenvalue weighted by atomic mass is 35.5. The van der Waals surface area contributed by atoms with Gasteiger partial charge in [-0.1, -0.05) is 23.7 Å². The van der Waals surface area contributed by atoms with Crippen molar-refractivity contribution in [3.63, 3.8) is 0 Å². The monoisotopic (exact) mass is 297 g/mol. The molecule has 21 heavy (non-hydrogen) atoms. The number of nitrogen functional groups attached to an aromatic ring is 1. The molecule has 0 aliphatic heterocycles. The van der Waals surface area contributed by atoms with Gasteiger partial charge in [-0.25, -0.2) is 9.97 Å². The zero-order valence-corrected chi connectivity index (χ0v) is 11.9. The van der Waals surface area contributed by atoms with Crippen LogP contribution in [0.4, 0.5) is 5.82 Å². The number of nitriles is 1. The molecule has 0 atom stereocenters. The van der Waals surface area contributed by atoms with E-state index in [1.807, 2.05) is 28.8 Å². The van der Waals surface area contributed by atoms with Crippen molar-refractivity contribution in [3.05, 3.63) is 52.9 Å². The molecule has 0 radical (unpaired) electrons. The second kappa shape index (κ2) is 5.43. The Kier molecular flexibility index (Phi) is 3.46. The van der Waals surface area contributed by atoms with Gasteiger partial charge >= 0.3 is 0 Å². The van der Waals surface area contributed by atoms with E-state index in [4.69, 9.17) is 22.6 Å². The molecule has 0 saturated heterocycles. The summed E-state index contributed by atoms with van der Waals surface area (Å²) < 4.78 is 1.95. The quantitative estimate of drug-likeness (QED) is 0.806. The van der Waals surface area contributed by atoms with Crippen molar-refractivity contribution < 1.29 is 0 Å². The van der Waals surface area contributed by atoms with Crippen molar-refractivity contribution in [1.29, 1.82) is 5.26 Å². The second-order valence-electron chi connectivity index (χ2n) is 4.60. The van der Waals surface area contributed by atoms with Crippen molar-refractivity contribution in [2.45, 2.75) is 13.0 Å². The number of aromatic nitrogens is 3. The number of hydrogen-bond donors (Lipinski definition) is 1. The first kappa shape index (κ1) is 13.4. The fourth-order valence-corrected chi connectivity index (χ4v) is 2.43. The number of nitrogens with zero attached hydrogens (tertiary/aromatic N) is 4. The Balaban J connectivity index is 2.12. The normalized spacial score (nSPS) is 10.7. The summed E-state index contributed by atoms with van der Waals surface area (Å²) in [4.78, 5) is 8.76. The Morgan fingerprint density at radius 3 is 2.81 bits per heavy atom. The Morgan fingerprint density at radius 1 is 1.19 bits per heavy atom. The molecule has 0 spiro atoms. The van der Waals surface area contributed by atoms with Gasteiger partial charge in [-0.3, -0.25) is 0 Å². The van der Waals surface area contributed by atoms with Gasteiger partial charge in [0.15, 0.2) is 0 Å². The van der Waals surface area contributed by atoms with Crippen LogP contribution in [-0.4, -0.2) is 14.5 Å². The zero-order chi connectivity index (χ0) is 14.8. The van der Waals surface area contributed by atoms with Gasteiger partial charge in [-0.05, 0) is 24.3 Å². The molecule has 0 amide bonds. The van der Waals surface area contributed by atoms with Crippen LogP contribution in [0, 0.1) is 11.3 Å². The van der Waals surface area contributed by atoms with Crippen molar-refractivity contribution in [3.8, 4) is 6.07 Å². The fraction of sp³-hybridized carbons (Fsp3) is 0.133. The molecule has 2 aromatic heterocycles. The smallest absolute Gasteiger partial charge is 0.124 e. The molecule has 3 aromatic rings. The lowest BCUT2D eigenvalue weighted by molar-refractivity contribution is 0.752. The van der Waals surface area contributed by atoms with E-state index >= 15 is 0 Å². The van der Waals surface area contributed by atoms with Crippen LogP contribution in [0.3, 0.4) is 0 Å². The molecule has 1 aromatic carbocycles. The van der Waals surface area contributed by atoms with Gasteiger partial charge in [0, 0.05) is 0 Å². The maximum atomic E-state index is 8.97. The lowest BCUT2D eigenvalue weighted by atomic mass is 10.3. The number of pyridine rings is 1. The van der Waals surface area contributed by atoms with Gasteiger partial charge in [0.25, 0.3) is 0 Å². The molecular weight excluding hydrogens is 286 g/mol. The minimum Gasteiger partial charge on any atom is -0.384 e. The molecule has 5 nitrogen and oxygen atoms in total. The molecule has 104 valence electrons. The molecule has 0 aliphatic carbocycles. The molecule has 0 fully saturated rings. The second-order valence-corrected chi connectivity index (χ2v) is 5.01. The first-order valence-electron chi connectivity index (χ1n) is 6.41. The van der Waals surface area contributed by atoms with Crippen molar-refractivity contribution in [2.24, 2.45) is 0 Å². The van der Waals surface area contributed by atoms with Crippen LogP contribution >= 0.6 is 11.6 Å². The number of nitrogens with two attached hydrogens (primary N) is 1. The van der Waals surface area contributed by atoms with Gasteiger partial charge in [0.2, 0.25) is 0 Å². The highest BCUT2D eigenvalue weighted by molar-refractivity contribution is 6.31. The zero-order valence-electron chi connectivity index (χ0n) is 11.1. The SMILES string of the molecule is N#CCc1nc2ccccc2n1Cc1nc(N)ccc1Cl. The topological polar surface area (TPSA) is 80.5 Å². The Bertz CT molecular complexity index is 847. The molecular formula is C15H12ClN5. The number of hydrogen-bond acceptors (Lipinski definition) is 4. The summed E-state index contributed by atoms with van der Waals surface area (Å²) in [5, 5.41) is 9.52. The van der Waals surface area contributed by atoms with Crippen LogP contribution in [0.5, 0.6) is 0 Å². The number of imidazole rings is 1. The third kappa shape index (κ3) is 2.54. The van der Waals surface area contributed by atoms with E-state index in [1.54, 1.807) is 12.1 Å². The van der Waals surface area contributed by atoms with E-state index in [0.29, 0.717) is 28.9 Å². The largest absolute Gasteiger partial charge is 0.384 e. The summed E-state index contributed by atoms with van der Waals surface area (Å²) in [5.41, 5.74) is 8.18. The summed E-state index contributed by atoms with van der Waals surface area (Å²) >= 11 is 6.18. The molecule has 0 aliphatic rings. The predicted molar refractivity (Wildman–Crippen MR) is 81.8 cm³/mol. The molecule has 0 saturated carbocycles. The molecule has 0 unspecified atom stereocenters. The summed E-state index contributed by atoms with van der Waals surface area (Å²) in [6.07, 6.45) is 0.231. The van der Waals surface area contributed by atoms with Crippen LogP contribution in [0.25, 0.3) is 11.0 Å². The van der Waals surface area contributed by atoms with Gasteiger partial charge in [0.05, 0.1) is 40.8 Å². The van der Waals surface area contributed by atoms with Crippen LogP contribution in [-0.2, 0) is 13.0 Å². The number of benzene rings is 1. The highest BCUT2D eigenvalue weighted by Crippen LogP contribution is 2.21. The van der Waals surface area contributed by atoms with E-state index < -0.39 is 0 Å². The van der Waals surface area contributed by atoms with Crippen molar-refractivity contribution >= 4 is 28.5 Å². The third-order valence-electron chi connectivity index (χ3n) is 3.22. The number of fused-ring (bicyclic) bond motifs is 1. The fourth-order valence-electron chi connectivity index (χ4n) is 2.27. The number of rotatable bonds is 3. The number of halogens is 1. The summed E-state index contributed by atoms with van der Waals surface area (Å²) in [5.74, 6) is 1.11. The van der Waals surface area contributed by atoms with E-state index in [1.165, 1.54) is 0 Å². The third-order valence-corrected chi connectivity index (χ3v) is 3.56. The van der Waals surface area contributed by atoms with E-state index in [9.17, 15) is 0 Å². The first-order chi connectivity index (χ1) is 10.2. The van der Waals surface area contributed by atoms with Gasteiger partial charge < -0.3 is 10.3 Å². The predicted octanol–water partition coefficient (Wildman–Crippen LogP) is 2.78. The minimum atomic E-state index is 0.231. The molecule has 2 heterocycles. The summed E-state index contributed by atoms with van der Waals surface area (Å²) in [6.45, 7) is 0.432. The lowest BCUT2D eigenvalue weighted by Crippen LogP contribution is -2.07. The lowest BCUT2D eigenvalue weighted by Gasteiger charge is -2.09. The summed E-state index contributed by atoms with van der Waals surface area (Å²) in [7, 11) is 0. The van der Waals surface area contributed by atoms with Gasteiger partial charge in [-0.15, -0.1) is 0 Å². The average molecular weight is 298 g/mol. The first-order valence-corrected chi connectivity index (χ1v) is 6.79. The molecule has 2 N–H and O–H groups in total. The van der Waals surface area contributed by atoms with Gasteiger partial charge in [0.1, 0.15) is 11.6 Å². The standard InChI is InChI=1S/C15H12ClN5/c16-10-5-6-14(18)19-12(10)9-21-13-4-2-1-3-11(13)20-15(21)7-8-17/h1-6H,7,9H2,(H2,18,19). The van der Waals surface area contributed by atoms with Crippen molar-refractivity contribution in [1.82, 2.24) is 14.5 Å². The Hall–Kier alpha value is -2.58. The van der Waals surface area contributed by atoms with E-state index in [0.717, 1.165) is 11.0 Å². The van der Waals surface area contributed by atoms with Gasteiger partial charge in [-0.2, -0.15) is 5.26 Å². The average Bonchev–Trinajstić information content (AvgIpc) is 2.81. The summed E-state index contributed by atoms with van der Waals surface area (Å²) in [6, 6.07) is 13.3. The van der Waals surface area contributed by atoms with Crippen molar-refractivity contribution in [2.75, 3.05) is 5.73 Å². The van der Waals surface area contributed by atoms with Crippen LogP contribution in [0.1, 0.15) is 11.5 Å². The molecule has 0 bridgehead atoms.